The number of hydrogen-bond donors (Lipinski definition) is 1. The molecule has 0 aliphatic rings. The van der Waals surface area contributed by atoms with E-state index in [4.69, 9.17) is 4.74 Å². The van der Waals surface area contributed by atoms with Crippen molar-refractivity contribution in [2.75, 3.05) is 33.1 Å². The number of aromatic nitrogens is 2. The van der Waals surface area contributed by atoms with Crippen LogP contribution in [0.15, 0.2) is 36.7 Å². The largest absolute Gasteiger partial charge is 0.484 e. The molecule has 0 aliphatic heterocycles. The fourth-order valence-corrected chi connectivity index (χ4v) is 2.06. The van der Waals surface area contributed by atoms with Gasteiger partial charge in [-0.3, -0.25) is 9.48 Å². The number of nitrogens with zero attached hydrogens (tertiary/aromatic N) is 4. The number of hydrogen-bond acceptors (Lipinski definition) is 4. The zero-order chi connectivity index (χ0) is 18.4. The van der Waals surface area contributed by atoms with Crippen LogP contribution in [0.4, 0.5) is 10.5 Å². The van der Waals surface area contributed by atoms with Gasteiger partial charge in [0, 0.05) is 51.7 Å². The van der Waals surface area contributed by atoms with E-state index in [0.29, 0.717) is 18.0 Å². The number of benzene rings is 1. The molecule has 0 unspecified atom stereocenters. The highest BCUT2D eigenvalue weighted by atomic mass is 16.5. The molecule has 0 aliphatic carbocycles. The molecule has 0 spiro atoms. The molecule has 1 aromatic carbocycles. The van der Waals surface area contributed by atoms with E-state index in [1.807, 2.05) is 13.2 Å². The zero-order valence-electron chi connectivity index (χ0n) is 14.9. The standard InChI is InChI=1S/C17H23N5O3/c1-20(2)16(23)12-25-15-7-5-6-14(8-15)19-17(24)21(3)10-13-9-18-22(4)11-13/h5-9,11H,10,12H2,1-4H3,(H,19,24). The number of rotatable bonds is 6. The van der Waals surface area contributed by atoms with Crippen LogP contribution in [0.5, 0.6) is 5.75 Å². The molecule has 0 fully saturated rings. The lowest BCUT2D eigenvalue weighted by Crippen LogP contribution is -2.30. The van der Waals surface area contributed by atoms with Crippen molar-refractivity contribution in [3.63, 3.8) is 0 Å². The molecule has 134 valence electrons. The summed E-state index contributed by atoms with van der Waals surface area (Å²) in [5, 5.41) is 6.89. The highest BCUT2D eigenvalue weighted by Gasteiger charge is 2.11. The molecule has 8 heteroatoms. The maximum Gasteiger partial charge on any atom is 0.321 e. The smallest absolute Gasteiger partial charge is 0.321 e. The first-order chi connectivity index (χ1) is 11.8. The van der Waals surface area contributed by atoms with Crippen LogP contribution in [-0.4, -0.2) is 59.3 Å². The minimum absolute atomic E-state index is 0.0503. The summed E-state index contributed by atoms with van der Waals surface area (Å²) in [4.78, 5) is 26.9. The highest BCUT2D eigenvalue weighted by molar-refractivity contribution is 5.89. The van der Waals surface area contributed by atoms with Crippen LogP contribution in [0.3, 0.4) is 0 Å². The molecular formula is C17H23N5O3. The molecule has 2 aromatic rings. The van der Waals surface area contributed by atoms with E-state index in [0.717, 1.165) is 5.56 Å². The molecule has 1 N–H and O–H groups in total. The average molecular weight is 345 g/mol. The summed E-state index contributed by atoms with van der Waals surface area (Å²) in [7, 11) is 6.87. The van der Waals surface area contributed by atoms with Crippen molar-refractivity contribution in [2.45, 2.75) is 6.54 Å². The Kier molecular flexibility index (Phi) is 5.99. The van der Waals surface area contributed by atoms with Crippen LogP contribution in [0, 0.1) is 0 Å². The van der Waals surface area contributed by atoms with Crippen molar-refractivity contribution in [2.24, 2.45) is 7.05 Å². The summed E-state index contributed by atoms with van der Waals surface area (Å²) in [6, 6.07) is 6.68. The van der Waals surface area contributed by atoms with Crippen LogP contribution in [0.25, 0.3) is 0 Å². The fraction of sp³-hybridized carbons (Fsp3) is 0.353. The number of likely N-dealkylation sites (N-methyl/N-ethyl adjacent to an activating group) is 1. The van der Waals surface area contributed by atoms with Gasteiger partial charge in [0.2, 0.25) is 0 Å². The highest BCUT2D eigenvalue weighted by Crippen LogP contribution is 2.18. The van der Waals surface area contributed by atoms with Gasteiger partial charge < -0.3 is 19.9 Å². The van der Waals surface area contributed by atoms with E-state index in [2.05, 4.69) is 10.4 Å². The molecule has 0 atom stereocenters. The quantitative estimate of drug-likeness (QED) is 0.861. The number of aryl methyl sites for hydroxylation is 1. The number of ether oxygens (including phenoxy) is 1. The second-order valence-electron chi connectivity index (χ2n) is 5.91. The third kappa shape index (κ3) is 5.52. The van der Waals surface area contributed by atoms with Gasteiger partial charge in [-0.1, -0.05) is 6.07 Å². The van der Waals surface area contributed by atoms with Crippen molar-refractivity contribution >= 4 is 17.6 Å². The molecule has 8 nitrogen and oxygen atoms in total. The molecule has 2 rings (SSSR count). The Morgan fingerprint density at radius 2 is 2.04 bits per heavy atom. The van der Waals surface area contributed by atoms with E-state index in [9.17, 15) is 9.59 Å². The van der Waals surface area contributed by atoms with E-state index in [-0.39, 0.29) is 18.5 Å². The molecule has 1 aromatic heterocycles. The summed E-state index contributed by atoms with van der Waals surface area (Å²) in [6.07, 6.45) is 3.58. The molecule has 1 heterocycles. The fourth-order valence-electron chi connectivity index (χ4n) is 2.06. The third-order valence-electron chi connectivity index (χ3n) is 3.47. The SMILES string of the molecule is CN(C)C(=O)COc1cccc(NC(=O)N(C)Cc2cnn(C)c2)c1. The van der Waals surface area contributed by atoms with E-state index < -0.39 is 0 Å². The van der Waals surface area contributed by atoms with Gasteiger partial charge in [-0.2, -0.15) is 5.10 Å². The average Bonchev–Trinajstić information content (AvgIpc) is 2.97. The third-order valence-corrected chi connectivity index (χ3v) is 3.47. The van der Waals surface area contributed by atoms with Gasteiger partial charge in [0.1, 0.15) is 5.75 Å². The van der Waals surface area contributed by atoms with Crippen LogP contribution in [0.1, 0.15) is 5.56 Å². The topological polar surface area (TPSA) is 79.7 Å². The number of amides is 3. The van der Waals surface area contributed by atoms with Crippen molar-refractivity contribution in [3.05, 3.63) is 42.2 Å². The number of anilines is 1. The maximum absolute atomic E-state index is 12.3. The Morgan fingerprint density at radius 1 is 1.28 bits per heavy atom. The van der Waals surface area contributed by atoms with Crippen molar-refractivity contribution in [1.82, 2.24) is 19.6 Å². The summed E-state index contributed by atoms with van der Waals surface area (Å²) >= 11 is 0. The zero-order valence-corrected chi connectivity index (χ0v) is 14.9. The first kappa shape index (κ1) is 18.3. The lowest BCUT2D eigenvalue weighted by molar-refractivity contribution is -0.130. The minimum Gasteiger partial charge on any atom is -0.484 e. The number of urea groups is 1. The monoisotopic (exact) mass is 345 g/mol. The Morgan fingerprint density at radius 3 is 2.68 bits per heavy atom. The van der Waals surface area contributed by atoms with E-state index in [1.54, 1.807) is 61.2 Å². The Balaban J connectivity index is 1.91. The number of nitrogens with one attached hydrogen (secondary N) is 1. The second kappa shape index (κ2) is 8.18. The maximum atomic E-state index is 12.3. The summed E-state index contributed by atoms with van der Waals surface area (Å²) in [6.45, 7) is 0.401. The predicted octanol–water partition coefficient (Wildman–Crippen LogP) is 1.55. The molecule has 0 bridgehead atoms. The lowest BCUT2D eigenvalue weighted by atomic mass is 10.3. The summed E-state index contributed by atoms with van der Waals surface area (Å²) < 4.78 is 7.13. The van der Waals surface area contributed by atoms with Crippen molar-refractivity contribution in [1.29, 1.82) is 0 Å². The molecule has 0 saturated heterocycles. The van der Waals surface area contributed by atoms with Crippen LogP contribution in [-0.2, 0) is 18.4 Å². The molecule has 0 radical (unpaired) electrons. The molecule has 0 saturated carbocycles. The van der Waals surface area contributed by atoms with Gasteiger partial charge >= 0.3 is 6.03 Å². The molecule has 25 heavy (non-hydrogen) atoms. The van der Waals surface area contributed by atoms with Gasteiger partial charge in [0.05, 0.1) is 12.7 Å². The van der Waals surface area contributed by atoms with E-state index in [1.165, 1.54) is 4.90 Å². The van der Waals surface area contributed by atoms with Gasteiger partial charge in [-0.15, -0.1) is 0 Å². The minimum atomic E-state index is -0.245. The van der Waals surface area contributed by atoms with Crippen LogP contribution < -0.4 is 10.1 Å². The van der Waals surface area contributed by atoms with Crippen LogP contribution in [0.2, 0.25) is 0 Å². The number of carbonyl (C=O) groups is 2. The van der Waals surface area contributed by atoms with Crippen molar-refractivity contribution < 1.29 is 14.3 Å². The predicted molar refractivity (Wildman–Crippen MR) is 94.3 cm³/mol. The summed E-state index contributed by atoms with van der Waals surface area (Å²) in [5.74, 6) is 0.383. The first-order valence-electron chi connectivity index (χ1n) is 7.78. The van der Waals surface area contributed by atoms with E-state index >= 15 is 0 Å². The van der Waals surface area contributed by atoms with Crippen LogP contribution >= 0.6 is 0 Å². The Labute approximate surface area is 147 Å². The molecule has 3 amide bonds. The number of carbonyl (C=O) groups excluding carboxylic acids is 2. The normalized spacial score (nSPS) is 10.2. The first-order valence-corrected chi connectivity index (χ1v) is 7.78. The van der Waals surface area contributed by atoms with Crippen molar-refractivity contribution in [3.8, 4) is 5.75 Å². The van der Waals surface area contributed by atoms with Gasteiger partial charge in [-0.05, 0) is 12.1 Å². The Hall–Kier alpha value is -3.03. The second-order valence-corrected chi connectivity index (χ2v) is 5.91. The Bertz CT molecular complexity index is 741. The molecular weight excluding hydrogens is 322 g/mol. The van der Waals surface area contributed by atoms with Gasteiger partial charge in [0.15, 0.2) is 6.61 Å². The van der Waals surface area contributed by atoms with Gasteiger partial charge in [0.25, 0.3) is 5.91 Å². The summed E-state index contributed by atoms with van der Waals surface area (Å²) in [5.41, 5.74) is 1.54. The van der Waals surface area contributed by atoms with Gasteiger partial charge in [-0.25, -0.2) is 4.79 Å². The lowest BCUT2D eigenvalue weighted by Gasteiger charge is -2.17.